The maximum absolute atomic E-state index is 12.1. The van der Waals surface area contributed by atoms with Crippen LogP contribution >= 0.6 is 0 Å². The van der Waals surface area contributed by atoms with Crippen molar-refractivity contribution in [3.05, 3.63) is 17.8 Å². The number of nitrogens with zero attached hydrogens (tertiary/aromatic N) is 4. The Labute approximate surface area is 131 Å². The molecule has 2 rings (SSSR count). The van der Waals surface area contributed by atoms with Crippen LogP contribution in [0, 0.1) is 0 Å². The van der Waals surface area contributed by atoms with Gasteiger partial charge in [0.1, 0.15) is 0 Å². The van der Waals surface area contributed by atoms with Gasteiger partial charge in [-0.05, 0) is 0 Å². The summed E-state index contributed by atoms with van der Waals surface area (Å²) in [5.41, 5.74) is -0.165. The first-order valence-electron chi connectivity index (χ1n) is 6.10. The number of carbonyl (C=O) groups excluding carboxylic acids is 1. The molecule has 0 unspecified atom stereocenters. The van der Waals surface area contributed by atoms with Crippen molar-refractivity contribution in [1.29, 1.82) is 0 Å². The standard InChI is InChI=1S/C11H14N6O5S/c1-17-9(23(12,19)20)4-6(16-17)10(18)15-11-13-7(21-2)5-8(14-11)22-3/h4-5H,1-3H3,(H2,12,19,20)(H,13,14,15,18). The summed E-state index contributed by atoms with van der Waals surface area (Å²) in [6.45, 7) is 0. The molecule has 2 aromatic heterocycles. The molecule has 0 aliphatic heterocycles. The molecule has 23 heavy (non-hydrogen) atoms. The minimum Gasteiger partial charge on any atom is -0.481 e. The highest BCUT2D eigenvalue weighted by Crippen LogP contribution is 2.18. The molecule has 0 bridgehead atoms. The quantitative estimate of drug-likeness (QED) is 0.711. The van der Waals surface area contributed by atoms with Crippen molar-refractivity contribution in [2.45, 2.75) is 5.03 Å². The Hall–Kier alpha value is -2.73. The lowest BCUT2D eigenvalue weighted by Gasteiger charge is -2.06. The Morgan fingerprint density at radius 2 is 1.78 bits per heavy atom. The minimum atomic E-state index is -3.99. The second kappa shape index (κ2) is 6.18. The maximum Gasteiger partial charge on any atom is 0.278 e. The summed E-state index contributed by atoms with van der Waals surface area (Å²) >= 11 is 0. The van der Waals surface area contributed by atoms with Gasteiger partial charge in [-0.15, -0.1) is 0 Å². The molecule has 0 spiro atoms. The first kappa shape index (κ1) is 16.6. The number of hydrogen-bond donors (Lipinski definition) is 2. The Morgan fingerprint density at radius 3 is 2.22 bits per heavy atom. The third kappa shape index (κ3) is 3.73. The molecule has 1 amide bonds. The average molecular weight is 342 g/mol. The fourth-order valence-electron chi connectivity index (χ4n) is 1.66. The van der Waals surface area contributed by atoms with Crippen molar-refractivity contribution < 1.29 is 22.7 Å². The molecule has 12 heteroatoms. The van der Waals surface area contributed by atoms with Gasteiger partial charge in [0, 0.05) is 13.1 Å². The van der Waals surface area contributed by atoms with Gasteiger partial charge in [0.25, 0.3) is 15.9 Å². The van der Waals surface area contributed by atoms with Crippen LogP contribution in [0.15, 0.2) is 17.2 Å². The number of primary sulfonamides is 1. The molecule has 0 saturated carbocycles. The highest BCUT2D eigenvalue weighted by Gasteiger charge is 2.20. The molecule has 11 nitrogen and oxygen atoms in total. The van der Waals surface area contributed by atoms with Crippen molar-refractivity contribution >= 4 is 21.9 Å². The number of amides is 1. The molecule has 0 radical (unpaired) electrons. The minimum absolute atomic E-state index is 0.0889. The van der Waals surface area contributed by atoms with Crippen LogP contribution in [0.2, 0.25) is 0 Å². The Balaban J connectivity index is 2.29. The SMILES string of the molecule is COc1cc(OC)nc(NC(=O)c2cc(S(N)(=O)=O)n(C)n2)n1. The van der Waals surface area contributed by atoms with Crippen LogP contribution in [0.25, 0.3) is 0 Å². The number of ether oxygens (including phenoxy) is 2. The number of nitrogens with two attached hydrogens (primary N) is 1. The number of carbonyl (C=O) groups is 1. The van der Waals surface area contributed by atoms with E-state index in [2.05, 4.69) is 20.4 Å². The smallest absolute Gasteiger partial charge is 0.278 e. The predicted molar refractivity (Wildman–Crippen MR) is 77.7 cm³/mol. The van der Waals surface area contributed by atoms with E-state index in [0.29, 0.717) is 0 Å². The highest BCUT2D eigenvalue weighted by molar-refractivity contribution is 7.89. The van der Waals surface area contributed by atoms with Crippen molar-refractivity contribution in [2.24, 2.45) is 12.2 Å². The number of rotatable bonds is 5. The first-order chi connectivity index (χ1) is 10.7. The van der Waals surface area contributed by atoms with E-state index in [1.807, 2.05) is 0 Å². The van der Waals surface area contributed by atoms with E-state index in [1.54, 1.807) is 0 Å². The van der Waals surface area contributed by atoms with Gasteiger partial charge in [-0.25, -0.2) is 13.6 Å². The molecular weight excluding hydrogens is 328 g/mol. The topological polar surface area (TPSA) is 151 Å². The summed E-state index contributed by atoms with van der Waals surface area (Å²) in [6, 6.07) is 2.47. The molecule has 0 aliphatic rings. The van der Waals surface area contributed by atoms with Gasteiger partial charge in [0.15, 0.2) is 10.7 Å². The third-order valence-electron chi connectivity index (χ3n) is 2.68. The normalized spacial score (nSPS) is 11.1. The van der Waals surface area contributed by atoms with Gasteiger partial charge in [0.05, 0.1) is 20.3 Å². The second-order valence-electron chi connectivity index (χ2n) is 4.27. The molecular formula is C11H14N6O5S. The van der Waals surface area contributed by atoms with E-state index in [9.17, 15) is 13.2 Å². The Bertz CT molecular complexity index is 824. The molecule has 0 aromatic carbocycles. The lowest BCUT2D eigenvalue weighted by Crippen LogP contribution is -2.16. The summed E-state index contributed by atoms with van der Waals surface area (Å²) in [4.78, 5) is 20.0. The van der Waals surface area contributed by atoms with Gasteiger partial charge in [-0.1, -0.05) is 0 Å². The van der Waals surface area contributed by atoms with Crippen LogP contribution in [0.5, 0.6) is 11.8 Å². The zero-order valence-electron chi connectivity index (χ0n) is 12.5. The van der Waals surface area contributed by atoms with Crippen LogP contribution in [0.3, 0.4) is 0 Å². The number of hydrogen-bond acceptors (Lipinski definition) is 8. The number of methoxy groups -OCH3 is 2. The van der Waals surface area contributed by atoms with Crippen LogP contribution in [0.4, 0.5) is 5.95 Å². The largest absolute Gasteiger partial charge is 0.481 e. The van der Waals surface area contributed by atoms with Crippen LogP contribution in [-0.2, 0) is 17.1 Å². The fraction of sp³-hybridized carbons (Fsp3) is 0.273. The molecule has 0 aliphatic carbocycles. The predicted octanol–water partition coefficient (Wildman–Crippen LogP) is -0.873. The first-order valence-corrected chi connectivity index (χ1v) is 7.64. The van der Waals surface area contributed by atoms with Gasteiger partial charge in [-0.2, -0.15) is 15.1 Å². The Kier molecular flexibility index (Phi) is 4.47. The second-order valence-corrected chi connectivity index (χ2v) is 5.78. The summed E-state index contributed by atoms with van der Waals surface area (Å²) < 4.78 is 33.6. The molecule has 0 fully saturated rings. The number of aryl methyl sites for hydroxylation is 1. The number of aromatic nitrogens is 4. The van der Waals surface area contributed by atoms with Crippen molar-refractivity contribution in [1.82, 2.24) is 19.7 Å². The zero-order valence-corrected chi connectivity index (χ0v) is 13.3. The average Bonchev–Trinajstić information content (AvgIpc) is 2.89. The highest BCUT2D eigenvalue weighted by atomic mass is 32.2. The van der Waals surface area contributed by atoms with Crippen molar-refractivity contribution in [3.8, 4) is 11.8 Å². The lowest BCUT2D eigenvalue weighted by atomic mass is 10.4. The van der Waals surface area contributed by atoms with Gasteiger partial charge >= 0.3 is 0 Å². The monoisotopic (exact) mass is 342 g/mol. The van der Waals surface area contributed by atoms with Gasteiger partial charge in [-0.3, -0.25) is 14.8 Å². The molecule has 2 aromatic rings. The molecule has 2 heterocycles. The number of nitrogens with one attached hydrogen (secondary N) is 1. The Morgan fingerprint density at radius 1 is 1.22 bits per heavy atom. The van der Waals surface area contributed by atoms with Crippen LogP contribution < -0.4 is 19.9 Å². The number of sulfonamides is 1. The van der Waals surface area contributed by atoms with E-state index in [0.717, 1.165) is 10.7 Å². The third-order valence-corrected chi connectivity index (χ3v) is 3.65. The van der Waals surface area contributed by atoms with Crippen molar-refractivity contribution in [2.75, 3.05) is 19.5 Å². The van der Waals surface area contributed by atoms with Crippen LogP contribution in [-0.4, -0.2) is 48.3 Å². The van der Waals surface area contributed by atoms with Gasteiger partial charge < -0.3 is 9.47 Å². The van der Waals surface area contributed by atoms with E-state index in [1.165, 1.54) is 27.3 Å². The maximum atomic E-state index is 12.1. The van der Waals surface area contributed by atoms with Crippen molar-refractivity contribution in [3.63, 3.8) is 0 Å². The summed E-state index contributed by atoms with van der Waals surface area (Å²) in [6.07, 6.45) is 0. The van der Waals surface area contributed by atoms with E-state index in [-0.39, 0.29) is 28.4 Å². The number of anilines is 1. The summed E-state index contributed by atoms with van der Waals surface area (Å²) in [7, 11) is 0.144. The molecule has 0 saturated heterocycles. The summed E-state index contributed by atoms with van der Waals surface area (Å²) in [5, 5.41) is 10.9. The van der Waals surface area contributed by atoms with E-state index >= 15 is 0 Å². The molecule has 3 N–H and O–H groups in total. The van der Waals surface area contributed by atoms with Crippen LogP contribution in [0.1, 0.15) is 10.5 Å². The fourth-order valence-corrected chi connectivity index (χ4v) is 2.35. The zero-order chi connectivity index (χ0) is 17.2. The van der Waals surface area contributed by atoms with Gasteiger partial charge in [0.2, 0.25) is 17.7 Å². The lowest BCUT2D eigenvalue weighted by molar-refractivity contribution is 0.102. The molecule has 124 valence electrons. The molecule has 0 atom stereocenters. The van der Waals surface area contributed by atoms with E-state index < -0.39 is 15.9 Å². The van der Waals surface area contributed by atoms with E-state index in [4.69, 9.17) is 14.6 Å². The summed E-state index contributed by atoms with van der Waals surface area (Å²) in [5.74, 6) is -0.448.